The molecule has 0 aromatic heterocycles. The molecule has 2 rings (SSSR count). The lowest BCUT2D eigenvalue weighted by Crippen LogP contribution is -2.49. The highest BCUT2D eigenvalue weighted by molar-refractivity contribution is 5.76. The molecule has 0 aliphatic carbocycles. The number of likely N-dealkylation sites (tertiary alicyclic amines) is 2. The Morgan fingerprint density at radius 2 is 1.83 bits per heavy atom. The SMILES string of the molecule is CCC(=O)N1CCC(N2CCCC2C(=O)O)CC1. The van der Waals surface area contributed by atoms with Gasteiger partial charge < -0.3 is 10.0 Å². The molecule has 2 fully saturated rings. The lowest BCUT2D eigenvalue weighted by atomic mass is 10.0. The van der Waals surface area contributed by atoms with Crippen molar-refractivity contribution in [1.29, 1.82) is 0 Å². The molecule has 5 nitrogen and oxygen atoms in total. The second kappa shape index (κ2) is 5.69. The summed E-state index contributed by atoms with van der Waals surface area (Å²) in [5, 5.41) is 9.19. The van der Waals surface area contributed by atoms with Crippen molar-refractivity contribution in [3.63, 3.8) is 0 Å². The Labute approximate surface area is 108 Å². The summed E-state index contributed by atoms with van der Waals surface area (Å²) >= 11 is 0. The minimum absolute atomic E-state index is 0.213. The smallest absolute Gasteiger partial charge is 0.320 e. The number of carbonyl (C=O) groups is 2. The van der Waals surface area contributed by atoms with E-state index in [9.17, 15) is 14.7 Å². The Kier molecular flexibility index (Phi) is 4.22. The zero-order chi connectivity index (χ0) is 13.1. The van der Waals surface area contributed by atoms with E-state index in [0.717, 1.165) is 45.3 Å². The van der Waals surface area contributed by atoms with Crippen LogP contribution in [0.25, 0.3) is 0 Å². The molecule has 18 heavy (non-hydrogen) atoms. The van der Waals surface area contributed by atoms with Gasteiger partial charge in [0.1, 0.15) is 6.04 Å². The number of carbonyl (C=O) groups excluding carboxylic acids is 1. The number of carboxylic acid groups (broad SMARTS) is 1. The molecule has 102 valence electrons. The molecule has 2 heterocycles. The summed E-state index contributed by atoms with van der Waals surface area (Å²) in [7, 11) is 0. The van der Waals surface area contributed by atoms with E-state index in [-0.39, 0.29) is 11.9 Å². The maximum Gasteiger partial charge on any atom is 0.320 e. The molecule has 1 amide bonds. The predicted molar refractivity (Wildman–Crippen MR) is 67.3 cm³/mol. The van der Waals surface area contributed by atoms with Crippen LogP contribution >= 0.6 is 0 Å². The minimum atomic E-state index is -0.695. The van der Waals surface area contributed by atoms with Crippen molar-refractivity contribution in [3.8, 4) is 0 Å². The topological polar surface area (TPSA) is 60.9 Å². The van der Waals surface area contributed by atoms with Crippen molar-refractivity contribution in [3.05, 3.63) is 0 Å². The maximum absolute atomic E-state index is 11.6. The molecule has 1 atom stereocenters. The number of carboxylic acids is 1. The summed E-state index contributed by atoms with van der Waals surface area (Å²) in [4.78, 5) is 26.8. The summed E-state index contributed by atoms with van der Waals surface area (Å²) in [6.45, 7) is 4.33. The van der Waals surface area contributed by atoms with Crippen LogP contribution in [-0.2, 0) is 9.59 Å². The van der Waals surface area contributed by atoms with Crippen molar-refractivity contribution >= 4 is 11.9 Å². The third kappa shape index (κ3) is 2.66. The van der Waals surface area contributed by atoms with Gasteiger partial charge in [-0.15, -0.1) is 0 Å². The quantitative estimate of drug-likeness (QED) is 0.814. The van der Waals surface area contributed by atoms with Gasteiger partial charge in [0.05, 0.1) is 0 Å². The van der Waals surface area contributed by atoms with Crippen molar-refractivity contribution in [2.75, 3.05) is 19.6 Å². The van der Waals surface area contributed by atoms with Crippen LogP contribution < -0.4 is 0 Å². The predicted octanol–water partition coefficient (Wildman–Crippen LogP) is 0.936. The fourth-order valence-electron chi connectivity index (χ4n) is 3.16. The lowest BCUT2D eigenvalue weighted by Gasteiger charge is -2.38. The summed E-state index contributed by atoms with van der Waals surface area (Å²) in [6.07, 6.45) is 4.13. The van der Waals surface area contributed by atoms with Crippen LogP contribution in [0.3, 0.4) is 0 Å². The summed E-state index contributed by atoms with van der Waals surface area (Å²) in [6, 6.07) is 0.0398. The molecule has 0 bridgehead atoms. The van der Waals surface area contributed by atoms with Gasteiger partial charge in [0.25, 0.3) is 0 Å². The summed E-state index contributed by atoms with van der Waals surface area (Å²) in [5.41, 5.74) is 0. The van der Waals surface area contributed by atoms with Crippen LogP contribution in [0.4, 0.5) is 0 Å². The minimum Gasteiger partial charge on any atom is -0.480 e. The first-order chi connectivity index (χ1) is 8.63. The van der Waals surface area contributed by atoms with Gasteiger partial charge in [0.15, 0.2) is 0 Å². The molecule has 2 aliphatic rings. The number of amides is 1. The Balaban J connectivity index is 1.89. The summed E-state index contributed by atoms with van der Waals surface area (Å²) in [5.74, 6) is -0.482. The second-order valence-electron chi connectivity index (χ2n) is 5.20. The molecule has 2 aliphatic heterocycles. The molecule has 0 aromatic rings. The molecule has 1 N–H and O–H groups in total. The zero-order valence-corrected chi connectivity index (χ0v) is 11.0. The zero-order valence-electron chi connectivity index (χ0n) is 11.0. The third-order valence-corrected chi connectivity index (χ3v) is 4.17. The Morgan fingerprint density at radius 3 is 2.39 bits per heavy atom. The molecule has 0 aromatic carbocycles. The van der Waals surface area contributed by atoms with E-state index in [4.69, 9.17) is 0 Å². The van der Waals surface area contributed by atoms with Gasteiger partial charge in [-0.2, -0.15) is 0 Å². The highest BCUT2D eigenvalue weighted by Crippen LogP contribution is 2.26. The third-order valence-electron chi connectivity index (χ3n) is 4.17. The molecule has 0 saturated carbocycles. The largest absolute Gasteiger partial charge is 0.480 e. The highest BCUT2D eigenvalue weighted by atomic mass is 16.4. The average molecular weight is 254 g/mol. The number of aliphatic carboxylic acids is 1. The fraction of sp³-hybridized carbons (Fsp3) is 0.846. The van der Waals surface area contributed by atoms with Gasteiger partial charge in [-0.25, -0.2) is 0 Å². The van der Waals surface area contributed by atoms with Crippen LogP contribution in [0.1, 0.15) is 39.0 Å². The van der Waals surface area contributed by atoms with Gasteiger partial charge >= 0.3 is 5.97 Å². The van der Waals surface area contributed by atoms with Crippen molar-refractivity contribution in [2.45, 2.75) is 51.1 Å². The molecular weight excluding hydrogens is 232 g/mol. The lowest BCUT2D eigenvalue weighted by molar-refractivity contribution is -0.144. The Hall–Kier alpha value is -1.10. The molecule has 2 saturated heterocycles. The molecular formula is C13H22N2O3. The van der Waals surface area contributed by atoms with E-state index in [1.54, 1.807) is 0 Å². The van der Waals surface area contributed by atoms with Crippen LogP contribution in [-0.4, -0.2) is 58.5 Å². The van der Waals surface area contributed by atoms with Crippen LogP contribution in [0, 0.1) is 0 Å². The number of hydrogen-bond donors (Lipinski definition) is 1. The van der Waals surface area contributed by atoms with Crippen LogP contribution in [0.5, 0.6) is 0 Å². The van der Waals surface area contributed by atoms with E-state index in [1.807, 2.05) is 11.8 Å². The highest BCUT2D eigenvalue weighted by Gasteiger charge is 2.36. The number of piperidine rings is 1. The first-order valence-corrected chi connectivity index (χ1v) is 6.89. The fourth-order valence-corrected chi connectivity index (χ4v) is 3.16. The molecule has 1 unspecified atom stereocenters. The molecule has 0 radical (unpaired) electrons. The Morgan fingerprint density at radius 1 is 1.17 bits per heavy atom. The van der Waals surface area contributed by atoms with E-state index >= 15 is 0 Å². The van der Waals surface area contributed by atoms with Crippen molar-refractivity contribution in [1.82, 2.24) is 9.80 Å². The van der Waals surface area contributed by atoms with E-state index in [2.05, 4.69) is 4.90 Å². The normalized spacial score (nSPS) is 26.5. The standard InChI is InChI=1S/C13H22N2O3/c1-2-12(16)14-8-5-10(6-9-14)15-7-3-4-11(15)13(17)18/h10-11H,2-9H2,1H3,(H,17,18). The van der Waals surface area contributed by atoms with Gasteiger partial charge in [-0.1, -0.05) is 6.92 Å². The van der Waals surface area contributed by atoms with Crippen LogP contribution in [0.15, 0.2) is 0 Å². The van der Waals surface area contributed by atoms with E-state index in [0.29, 0.717) is 12.5 Å². The average Bonchev–Trinajstić information content (AvgIpc) is 2.87. The van der Waals surface area contributed by atoms with Crippen molar-refractivity contribution in [2.24, 2.45) is 0 Å². The van der Waals surface area contributed by atoms with Gasteiger partial charge in [0, 0.05) is 25.6 Å². The van der Waals surface area contributed by atoms with Gasteiger partial charge in [-0.3, -0.25) is 14.5 Å². The summed E-state index contributed by atoms with van der Waals surface area (Å²) < 4.78 is 0. The van der Waals surface area contributed by atoms with Gasteiger partial charge in [0.2, 0.25) is 5.91 Å². The maximum atomic E-state index is 11.6. The Bertz CT molecular complexity index is 324. The van der Waals surface area contributed by atoms with E-state index in [1.165, 1.54) is 0 Å². The van der Waals surface area contributed by atoms with Crippen molar-refractivity contribution < 1.29 is 14.7 Å². The number of rotatable bonds is 3. The molecule has 0 spiro atoms. The van der Waals surface area contributed by atoms with Gasteiger partial charge in [-0.05, 0) is 32.2 Å². The first kappa shape index (κ1) is 13.3. The van der Waals surface area contributed by atoms with Crippen LogP contribution in [0.2, 0.25) is 0 Å². The first-order valence-electron chi connectivity index (χ1n) is 6.89. The molecule has 5 heteroatoms. The second-order valence-corrected chi connectivity index (χ2v) is 5.20. The number of hydrogen-bond acceptors (Lipinski definition) is 3. The number of nitrogens with zero attached hydrogens (tertiary/aromatic N) is 2. The monoisotopic (exact) mass is 254 g/mol. The van der Waals surface area contributed by atoms with E-state index < -0.39 is 5.97 Å².